The van der Waals surface area contributed by atoms with Crippen LogP contribution in [0.2, 0.25) is 0 Å². The summed E-state index contributed by atoms with van der Waals surface area (Å²) in [6.45, 7) is 3.74. The van der Waals surface area contributed by atoms with Crippen LogP contribution in [-0.2, 0) is 4.79 Å². The summed E-state index contributed by atoms with van der Waals surface area (Å²) in [5.41, 5.74) is 1.05. The van der Waals surface area contributed by atoms with Crippen molar-refractivity contribution >= 4 is 5.97 Å². The maximum Gasteiger partial charge on any atom is 0.307 e. The van der Waals surface area contributed by atoms with E-state index in [1.54, 1.807) is 6.20 Å². The van der Waals surface area contributed by atoms with Crippen LogP contribution in [0.5, 0.6) is 0 Å². The van der Waals surface area contributed by atoms with Crippen molar-refractivity contribution in [2.45, 2.75) is 32.2 Å². The van der Waals surface area contributed by atoms with Crippen LogP contribution in [0.3, 0.4) is 0 Å². The Balaban J connectivity index is 2.11. The number of carbonyl (C=O) groups is 1. The van der Waals surface area contributed by atoms with E-state index >= 15 is 0 Å². The van der Waals surface area contributed by atoms with Gasteiger partial charge in [0.25, 0.3) is 0 Å². The van der Waals surface area contributed by atoms with E-state index in [4.69, 9.17) is 5.11 Å². The molecule has 98 valence electrons. The van der Waals surface area contributed by atoms with Gasteiger partial charge in [0.1, 0.15) is 0 Å². The van der Waals surface area contributed by atoms with Crippen LogP contribution < -0.4 is 0 Å². The fourth-order valence-electron chi connectivity index (χ4n) is 2.72. The second kappa shape index (κ2) is 5.96. The summed E-state index contributed by atoms with van der Waals surface area (Å²) in [5, 5.41) is 9.14. The molecule has 0 saturated carbocycles. The molecule has 0 radical (unpaired) electrons. The molecule has 2 unspecified atom stereocenters. The number of aliphatic carboxylic acids is 1. The lowest BCUT2D eigenvalue weighted by molar-refractivity contribution is -0.144. The van der Waals surface area contributed by atoms with Gasteiger partial charge in [-0.15, -0.1) is 0 Å². The minimum atomic E-state index is -0.671. The molecule has 1 aliphatic heterocycles. The highest BCUT2D eigenvalue weighted by atomic mass is 16.4. The first-order chi connectivity index (χ1) is 8.72. The van der Waals surface area contributed by atoms with Gasteiger partial charge in [-0.2, -0.15) is 0 Å². The van der Waals surface area contributed by atoms with Gasteiger partial charge in [-0.1, -0.05) is 13.0 Å². The maximum atomic E-state index is 11.1. The molecule has 1 aromatic rings. The number of aromatic nitrogens is 1. The van der Waals surface area contributed by atoms with E-state index in [0.717, 1.165) is 31.5 Å². The summed E-state index contributed by atoms with van der Waals surface area (Å²) in [4.78, 5) is 17.8. The molecule has 1 aromatic heterocycles. The average Bonchev–Trinajstić information content (AvgIpc) is 2.41. The van der Waals surface area contributed by atoms with E-state index in [1.807, 2.05) is 18.2 Å². The number of pyridine rings is 1. The highest BCUT2D eigenvalue weighted by molar-refractivity contribution is 5.70. The van der Waals surface area contributed by atoms with Gasteiger partial charge in [-0.25, -0.2) is 0 Å². The number of hydrogen-bond acceptors (Lipinski definition) is 3. The highest BCUT2D eigenvalue weighted by Gasteiger charge is 2.29. The minimum Gasteiger partial charge on any atom is -0.481 e. The van der Waals surface area contributed by atoms with Gasteiger partial charge >= 0.3 is 5.97 Å². The smallest absolute Gasteiger partial charge is 0.307 e. The van der Waals surface area contributed by atoms with Crippen molar-refractivity contribution < 1.29 is 9.90 Å². The molecule has 4 heteroatoms. The SMILES string of the molecule is CCC(c1ccccn1)N1CCCC(C(=O)O)C1. The van der Waals surface area contributed by atoms with Crippen LogP contribution in [0.4, 0.5) is 0 Å². The predicted octanol–water partition coefficient (Wildman–Crippen LogP) is 2.33. The Labute approximate surface area is 108 Å². The van der Waals surface area contributed by atoms with Gasteiger partial charge < -0.3 is 5.11 Å². The molecule has 2 atom stereocenters. The number of rotatable bonds is 4. The lowest BCUT2D eigenvalue weighted by atomic mass is 9.95. The first-order valence-corrected chi connectivity index (χ1v) is 6.60. The second-order valence-corrected chi connectivity index (χ2v) is 4.85. The zero-order chi connectivity index (χ0) is 13.0. The van der Waals surface area contributed by atoms with Crippen LogP contribution in [0.15, 0.2) is 24.4 Å². The molecule has 1 N–H and O–H groups in total. The van der Waals surface area contributed by atoms with E-state index in [-0.39, 0.29) is 12.0 Å². The third kappa shape index (κ3) is 2.88. The number of likely N-dealkylation sites (tertiary alicyclic amines) is 1. The van der Waals surface area contributed by atoms with Crippen LogP contribution >= 0.6 is 0 Å². The molecule has 0 aliphatic carbocycles. The molecule has 18 heavy (non-hydrogen) atoms. The van der Waals surface area contributed by atoms with E-state index in [2.05, 4.69) is 16.8 Å². The minimum absolute atomic E-state index is 0.225. The molecule has 1 saturated heterocycles. The first-order valence-electron chi connectivity index (χ1n) is 6.60. The maximum absolute atomic E-state index is 11.1. The summed E-state index contributed by atoms with van der Waals surface area (Å²) >= 11 is 0. The number of carboxylic acid groups (broad SMARTS) is 1. The molecule has 4 nitrogen and oxygen atoms in total. The topological polar surface area (TPSA) is 53.4 Å². The zero-order valence-corrected chi connectivity index (χ0v) is 10.7. The average molecular weight is 248 g/mol. The Hall–Kier alpha value is -1.42. The second-order valence-electron chi connectivity index (χ2n) is 4.85. The third-order valence-electron chi connectivity index (χ3n) is 3.66. The standard InChI is InChI=1S/C14H20N2O2/c1-2-13(12-7-3-4-8-15-12)16-9-5-6-11(10-16)14(17)18/h3-4,7-8,11,13H,2,5-6,9-10H2,1H3,(H,17,18). The monoisotopic (exact) mass is 248 g/mol. The number of nitrogens with zero attached hydrogens (tertiary/aromatic N) is 2. The quantitative estimate of drug-likeness (QED) is 0.888. The third-order valence-corrected chi connectivity index (χ3v) is 3.66. The lowest BCUT2D eigenvalue weighted by Crippen LogP contribution is -2.41. The number of piperidine rings is 1. The molecular formula is C14H20N2O2. The van der Waals surface area contributed by atoms with Crippen molar-refractivity contribution in [1.82, 2.24) is 9.88 Å². The Bertz CT molecular complexity index is 394. The van der Waals surface area contributed by atoms with Crippen molar-refractivity contribution in [3.8, 4) is 0 Å². The van der Waals surface area contributed by atoms with E-state index in [1.165, 1.54) is 0 Å². The van der Waals surface area contributed by atoms with Crippen LogP contribution in [0.1, 0.15) is 37.9 Å². The van der Waals surface area contributed by atoms with Crippen LogP contribution in [0, 0.1) is 5.92 Å². The van der Waals surface area contributed by atoms with E-state index < -0.39 is 5.97 Å². The molecular weight excluding hydrogens is 228 g/mol. The normalized spacial score (nSPS) is 22.6. The molecule has 0 bridgehead atoms. The van der Waals surface area contributed by atoms with Crippen molar-refractivity contribution in [2.24, 2.45) is 5.92 Å². The summed E-state index contributed by atoms with van der Waals surface area (Å²) in [6.07, 6.45) is 4.52. The fraction of sp³-hybridized carbons (Fsp3) is 0.571. The van der Waals surface area contributed by atoms with Crippen molar-refractivity contribution in [3.05, 3.63) is 30.1 Å². The van der Waals surface area contributed by atoms with Gasteiger partial charge in [0.05, 0.1) is 17.7 Å². The summed E-state index contributed by atoms with van der Waals surface area (Å²) in [7, 11) is 0. The largest absolute Gasteiger partial charge is 0.481 e. The van der Waals surface area contributed by atoms with Crippen molar-refractivity contribution in [2.75, 3.05) is 13.1 Å². The van der Waals surface area contributed by atoms with Crippen molar-refractivity contribution in [3.63, 3.8) is 0 Å². The summed E-state index contributed by atoms with van der Waals surface area (Å²) < 4.78 is 0. The van der Waals surface area contributed by atoms with Gasteiger partial charge in [0, 0.05) is 12.7 Å². The summed E-state index contributed by atoms with van der Waals surface area (Å²) in [5.74, 6) is -0.896. The van der Waals surface area contributed by atoms with E-state index in [0.29, 0.717) is 6.54 Å². The molecule has 0 spiro atoms. The fourth-order valence-corrected chi connectivity index (χ4v) is 2.72. The van der Waals surface area contributed by atoms with Gasteiger partial charge in [-0.05, 0) is 37.9 Å². The van der Waals surface area contributed by atoms with Gasteiger partial charge in [-0.3, -0.25) is 14.7 Å². The molecule has 2 rings (SSSR count). The van der Waals surface area contributed by atoms with Gasteiger partial charge in [0.15, 0.2) is 0 Å². The molecule has 0 aromatic carbocycles. The Morgan fingerprint density at radius 1 is 1.61 bits per heavy atom. The Morgan fingerprint density at radius 3 is 3.06 bits per heavy atom. The summed E-state index contributed by atoms with van der Waals surface area (Å²) in [6, 6.07) is 6.17. The predicted molar refractivity (Wildman–Crippen MR) is 69.2 cm³/mol. The van der Waals surface area contributed by atoms with Gasteiger partial charge in [0.2, 0.25) is 0 Å². The first kappa shape index (κ1) is 13.0. The molecule has 1 fully saturated rings. The lowest BCUT2D eigenvalue weighted by Gasteiger charge is -2.36. The van der Waals surface area contributed by atoms with Crippen LogP contribution in [-0.4, -0.2) is 34.0 Å². The van der Waals surface area contributed by atoms with Crippen molar-refractivity contribution in [1.29, 1.82) is 0 Å². The molecule has 1 aliphatic rings. The molecule has 2 heterocycles. The number of hydrogen-bond donors (Lipinski definition) is 1. The number of carboxylic acids is 1. The van der Waals surface area contributed by atoms with E-state index in [9.17, 15) is 4.79 Å². The Morgan fingerprint density at radius 2 is 2.44 bits per heavy atom. The Kier molecular flexibility index (Phi) is 4.31. The highest BCUT2D eigenvalue weighted by Crippen LogP contribution is 2.28. The van der Waals surface area contributed by atoms with Crippen LogP contribution in [0.25, 0.3) is 0 Å². The zero-order valence-electron chi connectivity index (χ0n) is 10.7. The molecule has 0 amide bonds.